The van der Waals surface area contributed by atoms with Crippen LogP contribution in [0.4, 0.5) is 0 Å². The van der Waals surface area contributed by atoms with Crippen molar-refractivity contribution in [1.29, 1.82) is 0 Å². The molecule has 1 unspecified atom stereocenters. The molecule has 0 bridgehead atoms. The summed E-state index contributed by atoms with van der Waals surface area (Å²) >= 11 is 1.69. The van der Waals surface area contributed by atoms with E-state index < -0.39 is 0 Å². The van der Waals surface area contributed by atoms with Crippen LogP contribution in [0.15, 0.2) is 29.8 Å². The van der Waals surface area contributed by atoms with Crippen molar-refractivity contribution in [2.75, 3.05) is 13.8 Å². The molecular weight excluding hydrogens is 272 g/mol. The van der Waals surface area contributed by atoms with Crippen molar-refractivity contribution >= 4 is 11.3 Å². The van der Waals surface area contributed by atoms with E-state index in [1.165, 1.54) is 5.56 Å². The largest absolute Gasteiger partial charge is 0.454 e. The number of rotatable bonds is 5. The van der Waals surface area contributed by atoms with Crippen molar-refractivity contribution in [3.8, 4) is 11.5 Å². The molecule has 1 atom stereocenters. The zero-order chi connectivity index (χ0) is 14.0. The molecule has 0 fully saturated rings. The molecule has 4 nitrogen and oxygen atoms in total. The first kappa shape index (κ1) is 13.4. The standard InChI is InChI=1S/C15H18N2O2S/c1-15(16-2,14-17-7-8-20-14)6-5-11-3-4-12-13(9-11)19-10-18-12/h3-4,7-9,16H,5-6,10H2,1-2H3. The first-order valence-electron chi connectivity index (χ1n) is 6.69. The number of fused-ring (bicyclic) bond motifs is 1. The van der Waals surface area contributed by atoms with E-state index in [4.69, 9.17) is 9.47 Å². The fourth-order valence-electron chi connectivity index (χ4n) is 2.33. The van der Waals surface area contributed by atoms with Crippen molar-refractivity contribution in [1.82, 2.24) is 10.3 Å². The molecule has 0 aliphatic carbocycles. The van der Waals surface area contributed by atoms with Crippen LogP contribution in [0.5, 0.6) is 11.5 Å². The molecule has 1 aromatic heterocycles. The minimum Gasteiger partial charge on any atom is -0.454 e. The molecule has 0 saturated heterocycles. The summed E-state index contributed by atoms with van der Waals surface area (Å²) in [5.74, 6) is 1.69. The number of ether oxygens (including phenoxy) is 2. The maximum atomic E-state index is 5.42. The minimum absolute atomic E-state index is 0.0927. The van der Waals surface area contributed by atoms with Crippen LogP contribution in [0.1, 0.15) is 23.9 Å². The van der Waals surface area contributed by atoms with Gasteiger partial charge >= 0.3 is 0 Å². The highest BCUT2D eigenvalue weighted by Gasteiger charge is 2.27. The Balaban J connectivity index is 1.72. The number of nitrogens with one attached hydrogen (secondary N) is 1. The average Bonchev–Trinajstić information content (AvgIpc) is 3.15. The van der Waals surface area contributed by atoms with Crippen molar-refractivity contribution in [2.24, 2.45) is 0 Å². The maximum absolute atomic E-state index is 5.42. The maximum Gasteiger partial charge on any atom is 0.231 e. The molecule has 1 N–H and O–H groups in total. The Hall–Kier alpha value is -1.59. The Morgan fingerprint density at radius 2 is 2.20 bits per heavy atom. The third kappa shape index (κ3) is 2.51. The van der Waals surface area contributed by atoms with E-state index in [1.807, 2.05) is 24.7 Å². The summed E-state index contributed by atoms with van der Waals surface area (Å²) in [4.78, 5) is 4.44. The number of benzene rings is 1. The molecule has 0 amide bonds. The lowest BCUT2D eigenvalue weighted by Gasteiger charge is -2.27. The van der Waals surface area contributed by atoms with Crippen molar-refractivity contribution in [3.63, 3.8) is 0 Å². The predicted octanol–water partition coefficient (Wildman–Crippen LogP) is 2.94. The summed E-state index contributed by atoms with van der Waals surface area (Å²) in [5, 5.41) is 6.54. The number of hydrogen-bond acceptors (Lipinski definition) is 5. The van der Waals surface area contributed by atoms with Gasteiger partial charge in [0, 0.05) is 11.6 Å². The third-order valence-electron chi connectivity index (χ3n) is 3.81. The van der Waals surface area contributed by atoms with Gasteiger partial charge in [0.05, 0.1) is 5.54 Å². The Bertz CT molecular complexity index is 586. The van der Waals surface area contributed by atoms with Gasteiger partial charge in [-0.3, -0.25) is 0 Å². The van der Waals surface area contributed by atoms with Crippen LogP contribution < -0.4 is 14.8 Å². The van der Waals surface area contributed by atoms with E-state index >= 15 is 0 Å². The molecule has 0 spiro atoms. The SMILES string of the molecule is CNC(C)(CCc1ccc2c(c1)OCO2)c1nccs1. The van der Waals surface area contributed by atoms with E-state index in [0.29, 0.717) is 6.79 Å². The second kappa shape index (κ2) is 5.42. The molecule has 1 aromatic carbocycles. The highest BCUT2D eigenvalue weighted by atomic mass is 32.1. The lowest BCUT2D eigenvalue weighted by Crippen LogP contribution is -2.37. The van der Waals surface area contributed by atoms with Crippen LogP contribution in [-0.2, 0) is 12.0 Å². The van der Waals surface area contributed by atoms with Crippen LogP contribution in [0.25, 0.3) is 0 Å². The molecule has 20 heavy (non-hydrogen) atoms. The average molecular weight is 290 g/mol. The molecule has 1 aliphatic rings. The highest BCUT2D eigenvalue weighted by molar-refractivity contribution is 7.09. The quantitative estimate of drug-likeness (QED) is 0.919. The molecule has 2 aromatic rings. The number of hydrogen-bond donors (Lipinski definition) is 1. The van der Waals surface area contributed by atoms with Crippen molar-refractivity contribution in [2.45, 2.75) is 25.3 Å². The summed E-state index contributed by atoms with van der Waals surface area (Å²) < 4.78 is 10.8. The Kier molecular flexibility index (Phi) is 3.63. The van der Waals surface area contributed by atoms with Gasteiger partial charge in [-0.25, -0.2) is 4.98 Å². The van der Waals surface area contributed by atoms with Gasteiger partial charge < -0.3 is 14.8 Å². The second-order valence-electron chi connectivity index (χ2n) is 5.11. The van der Waals surface area contributed by atoms with Crippen LogP contribution in [0.3, 0.4) is 0 Å². The van der Waals surface area contributed by atoms with E-state index in [-0.39, 0.29) is 5.54 Å². The number of nitrogens with zero attached hydrogens (tertiary/aromatic N) is 1. The molecule has 1 aliphatic heterocycles. The number of aromatic nitrogens is 1. The Morgan fingerprint density at radius 1 is 1.35 bits per heavy atom. The zero-order valence-electron chi connectivity index (χ0n) is 11.7. The van der Waals surface area contributed by atoms with E-state index in [1.54, 1.807) is 11.3 Å². The van der Waals surface area contributed by atoms with Gasteiger partial charge in [-0.05, 0) is 44.5 Å². The molecule has 0 saturated carbocycles. The van der Waals surface area contributed by atoms with Gasteiger partial charge in [0.15, 0.2) is 11.5 Å². The summed E-state index contributed by atoms with van der Waals surface area (Å²) in [6.07, 6.45) is 3.81. The van der Waals surface area contributed by atoms with Gasteiger partial charge in [0.1, 0.15) is 5.01 Å². The van der Waals surface area contributed by atoms with Crippen LogP contribution in [0, 0.1) is 0 Å². The molecule has 3 rings (SSSR count). The van der Waals surface area contributed by atoms with Gasteiger partial charge in [-0.2, -0.15) is 0 Å². The van der Waals surface area contributed by atoms with Gasteiger partial charge in [0.2, 0.25) is 6.79 Å². The van der Waals surface area contributed by atoms with Crippen molar-refractivity contribution in [3.05, 3.63) is 40.3 Å². The summed E-state index contributed by atoms with van der Waals surface area (Å²) in [7, 11) is 1.99. The Labute approximate surface area is 122 Å². The van der Waals surface area contributed by atoms with Gasteiger partial charge in [0.25, 0.3) is 0 Å². The fraction of sp³-hybridized carbons (Fsp3) is 0.400. The molecule has 106 valence electrons. The topological polar surface area (TPSA) is 43.4 Å². The second-order valence-corrected chi connectivity index (χ2v) is 6.00. The molecule has 0 radical (unpaired) electrons. The normalized spacial score (nSPS) is 16.1. The summed E-state index contributed by atoms with van der Waals surface area (Å²) in [5.41, 5.74) is 1.16. The monoisotopic (exact) mass is 290 g/mol. The summed E-state index contributed by atoms with van der Waals surface area (Å²) in [6.45, 7) is 2.52. The highest BCUT2D eigenvalue weighted by Crippen LogP contribution is 2.34. The fourth-order valence-corrected chi connectivity index (χ4v) is 3.16. The summed E-state index contributed by atoms with van der Waals surface area (Å²) in [6, 6.07) is 6.16. The first-order valence-corrected chi connectivity index (χ1v) is 7.57. The predicted molar refractivity (Wildman–Crippen MR) is 79.4 cm³/mol. The third-order valence-corrected chi connectivity index (χ3v) is 4.84. The molecule has 2 heterocycles. The smallest absolute Gasteiger partial charge is 0.231 e. The lowest BCUT2D eigenvalue weighted by molar-refractivity contribution is 0.174. The van der Waals surface area contributed by atoms with E-state index in [9.17, 15) is 0 Å². The van der Waals surface area contributed by atoms with Gasteiger partial charge in [-0.1, -0.05) is 6.07 Å². The lowest BCUT2D eigenvalue weighted by atomic mass is 9.94. The van der Waals surface area contributed by atoms with Crippen LogP contribution in [-0.4, -0.2) is 18.8 Å². The molecular formula is C15H18N2O2S. The van der Waals surface area contributed by atoms with Crippen LogP contribution >= 0.6 is 11.3 Å². The molecule has 5 heteroatoms. The van der Waals surface area contributed by atoms with Gasteiger partial charge in [-0.15, -0.1) is 11.3 Å². The minimum atomic E-state index is -0.0927. The van der Waals surface area contributed by atoms with Crippen LogP contribution in [0.2, 0.25) is 0 Å². The van der Waals surface area contributed by atoms with E-state index in [2.05, 4.69) is 29.4 Å². The Morgan fingerprint density at radius 3 is 2.95 bits per heavy atom. The van der Waals surface area contributed by atoms with Crippen molar-refractivity contribution < 1.29 is 9.47 Å². The first-order chi connectivity index (χ1) is 9.71. The number of thiazole rings is 1. The van der Waals surface area contributed by atoms with E-state index in [0.717, 1.165) is 29.3 Å². The zero-order valence-corrected chi connectivity index (χ0v) is 12.5. The number of aryl methyl sites for hydroxylation is 1.